The van der Waals surface area contributed by atoms with Crippen LogP contribution in [0.5, 0.6) is 0 Å². The zero-order valence-electron chi connectivity index (χ0n) is 22.3. The summed E-state index contributed by atoms with van der Waals surface area (Å²) in [5.74, 6) is 1.51. The van der Waals surface area contributed by atoms with Crippen LogP contribution < -0.4 is 16.0 Å². The first-order valence-corrected chi connectivity index (χ1v) is 14.3. The van der Waals surface area contributed by atoms with Crippen LogP contribution in [0.15, 0.2) is 42.5 Å². The van der Waals surface area contributed by atoms with E-state index in [2.05, 4.69) is 59.6 Å². The molecule has 2 amide bonds. The first kappa shape index (κ1) is 25.8. The summed E-state index contributed by atoms with van der Waals surface area (Å²) >= 11 is 0. The predicted octanol–water partition coefficient (Wildman–Crippen LogP) is 5.42. The average Bonchev–Trinajstić information content (AvgIpc) is 3.71. The number of nitrogens with zero attached hydrogens (tertiary/aromatic N) is 2. The first-order valence-electron chi connectivity index (χ1n) is 14.3. The molecule has 3 aliphatic rings. The summed E-state index contributed by atoms with van der Waals surface area (Å²) in [5, 5.41) is 3.29. The Morgan fingerprint density at radius 2 is 1.73 bits per heavy atom. The summed E-state index contributed by atoms with van der Waals surface area (Å²) < 4.78 is 0. The SMILES string of the molecule is CC1CCN(c2ccc(-c3cccc(CN(CCCN)C(=O)C4CC4)c3)cc2NC(=O)C2CCC2)CC1. The van der Waals surface area contributed by atoms with Gasteiger partial charge in [0.05, 0.1) is 11.4 Å². The lowest BCUT2D eigenvalue weighted by Gasteiger charge is -2.34. The molecule has 0 bridgehead atoms. The Labute approximate surface area is 221 Å². The lowest BCUT2D eigenvalue weighted by molar-refractivity contribution is -0.133. The van der Waals surface area contributed by atoms with E-state index in [4.69, 9.17) is 5.73 Å². The lowest BCUT2D eigenvalue weighted by Crippen LogP contribution is -2.34. The fourth-order valence-electron chi connectivity index (χ4n) is 5.45. The van der Waals surface area contributed by atoms with Gasteiger partial charge in [0, 0.05) is 38.0 Å². The Hall–Kier alpha value is -2.86. The molecule has 5 rings (SSSR count). The van der Waals surface area contributed by atoms with Gasteiger partial charge in [-0.2, -0.15) is 0 Å². The van der Waals surface area contributed by atoms with Gasteiger partial charge in [-0.05, 0) is 92.3 Å². The Balaban J connectivity index is 1.38. The summed E-state index contributed by atoms with van der Waals surface area (Å²) in [6.07, 6.45) is 8.33. The number of carbonyl (C=O) groups excluding carboxylic acids is 2. The molecular formula is C31H42N4O2. The molecule has 2 aromatic rings. The third kappa shape index (κ3) is 6.35. The second kappa shape index (κ2) is 11.7. The number of hydrogen-bond donors (Lipinski definition) is 2. The van der Waals surface area contributed by atoms with Crippen molar-refractivity contribution in [3.63, 3.8) is 0 Å². The summed E-state index contributed by atoms with van der Waals surface area (Å²) in [5.41, 5.74) is 11.1. The van der Waals surface area contributed by atoms with Crippen molar-refractivity contribution in [3.05, 3.63) is 48.0 Å². The van der Waals surface area contributed by atoms with Crippen molar-refractivity contribution in [1.82, 2.24) is 4.90 Å². The van der Waals surface area contributed by atoms with Crippen LogP contribution in [-0.4, -0.2) is 42.9 Å². The number of benzene rings is 2. The van der Waals surface area contributed by atoms with Crippen LogP contribution >= 0.6 is 0 Å². The van der Waals surface area contributed by atoms with Crippen LogP contribution in [0.4, 0.5) is 11.4 Å². The molecule has 3 fully saturated rings. The van der Waals surface area contributed by atoms with Gasteiger partial charge in [-0.15, -0.1) is 0 Å². The number of nitrogens with two attached hydrogens (primary N) is 1. The first-order chi connectivity index (χ1) is 18.0. The molecule has 2 saturated carbocycles. The van der Waals surface area contributed by atoms with Crippen molar-refractivity contribution in [1.29, 1.82) is 0 Å². The molecular weight excluding hydrogens is 460 g/mol. The van der Waals surface area contributed by atoms with Gasteiger partial charge < -0.3 is 20.9 Å². The minimum Gasteiger partial charge on any atom is -0.370 e. The molecule has 2 aliphatic carbocycles. The van der Waals surface area contributed by atoms with Crippen LogP contribution in [-0.2, 0) is 16.1 Å². The van der Waals surface area contributed by atoms with Crippen LogP contribution in [0.1, 0.15) is 63.9 Å². The van der Waals surface area contributed by atoms with Crippen molar-refractivity contribution in [2.45, 2.75) is 64.8 Å². The van der Waals surface area contributed by atoms with Gasteiger partial charge in [0.1, 0.15) is 0 Å². The molecule has 0 radical (unpaired) electrons. The van der Waals surface area contributed by atoms with E-state index in [1.165, 1.54) is 12.8 Å². The molecule has 1 heterocycles. The lowest BCUT2D eigenvalue weighted by atomic mass is 9.84. The number of anilines is 2. The van der Waals surface area contributed by atoms with Gasteiger partial charge in [0.2, 0.25) is 11.8 Å². The Morgan fingerprint density at radius 1 is 0.973 bits per heavy atom. The molecule has 6 nitrogen and oxygen atoms in total. The summed E-state index contributed by atoms with van der Waals surface area (Å²) in [7, 11) is 0. The van der Waals surface area contributed by atoms with E-state index in [0.29, 0.717) is 19.6 Å². The number of nitrogens with one attached hydrogen (secondary N) is 1. The zero-order chi connectivity index (χ0) is 25.8. The highest BCUT2D eigenvalue weighted by atomic mass is 16.2. The fraction of sp³-hybridized carbons (Fsp3) is 0.548. The van der Waals surface area contributed by atoms with Crippen molar-refractivity contribution in [2.75, 3.05) is 36.4 Å². The van der Waals surface area contributed by atoms with Gasteiger partial charge in [-0.1, -0.05) is 37.6 Å². The highest BCUT2D eigenvalue weighted by molar-refractivity contribution is 5.97. The van der Waals surface area contributed by atoms with Crippen molar-refractivity contribution >= 4 is 23.2 Å². The van der Waals surface area contributed by atoms with Gasteiger partial charge in [-0.3, -0.25) is 9.59 Å². The van der Waals surface area contributed by atoms with Crippen molar-refractivity contribution in [3.8, 4) is 11.1 Å². The quantitative estimate of drug-likeness (QED) is 0.455. The van der Waals surface area contributed by atoms with Crippen LogP contribution in [0.3, 0.4) is 0 Å². The molecule has 1 aliphatic heterocycles. The van der Waals surface area contributed by atoms with Gasteiger partial charge in [0.25, 0.3) is 0 Å². The Morgan fingerprint density at radius 3 is 2.41 bits per heavy atom. The zero-order valence-corrected chi connectivity index (χ0v) is 22.3. The third-order valence-electron chi connectivity index (χ3n) is 8.36. The van der Waals surface area contributed by atoms with Crippen LogP contribution in [0.2, 0.25) is 0 Å². The second-order valence-corrected chi connectivity index (χ2v) is 11.4. The number of amides is 2. The minimum atomic E-state index is 0.143. The topological polar surface area (TPSA) is 78.7 Å². The minimum absolute atomic E-state index is 0.143. The third-order valence-corrected chi connectivity index (χ3v) is 8.36. The fourth-order valence-corrected chi connectivity index (χ4v) is 5.45. The van der Waals surface area contributed by atoms with E-state index in [1.54, 1.807) is 0 Å². The van der Waals surface area contributed by atoms with E-state index < -0.39 is 0 Å². The predicted molar refractivity (Wildman–Crippen MR) is 150 cm³/mol. The number of rotatable bonds is 10. The largest absolute Gasteiger partial charge is 0.370 e. The maximum Gasteiger partial charge on any atom is 0.227 e. The molecule has 3 N–H and O–H groups in total. The maximum atomic E-state index is 12.9. The average molecular weight is 503 g/mol. The Bertz CT molecular complexity index is 1100. The standard InChI is InChI=1S/C31H42N4O2/c1-22-13-17-34(18-14-22)29-12-11-27(20-28(29)33-30(36)24-6-3-7-24)26-8-2-5-23(19-26)21-35(16-4-15-32)31(37)25-9-10-25/h2,5,8,11-12,19-20,22,24-25H,3-4,6-7,9-10,13-18,21,32H2,1H3,(H,33,36). The van der Waals surface area contributed by atoms with Crippen LogP contribution in [0, 0.1) is 17.8 Å². The highest BCUT2D eigenvalue weighted by Crippen LogP contribution is 2.36. The number of hydrogen-bond acceptors (Lipinski definition) is 4. The van der Waals surface area contributed by atoms with Gasteiger partial charge in [-0.25, -0.2) is 0 Å². The summed E-state index contributed by atoms with van der Waals surface area (Å²) in [6.45, 7) is 6.27. The molecule has 0 atom stereocenters. The number of piperidine rings is 1. The molecule has 6 heteroatoms. The Kier molecular flexibility index (Phi) is 8.14. The highest BCUT2D eigenvalue weighted by Gasteiger charge is 2.33. The van der Waals surface area contributed by atoms with E-state index in [1.807, 2.05) is 4.90 Å². The van der Waals surface area contributed by atoms with Crippen LogP contribution in [0.25, 0.3) is 11.1 Å². The molecule has 2 aromatic carbocycles. The van der Waals surface area contributed by atoms with Gasteiger partial charge in [0.15, 0.2) is 0 Å². The molecule has 198 valence electrons. The number of carbonyl (C=O) groups is 2. The van der Waals surface area contributed by atoms with E-state index in [-0.39, 0.29) is 23.7 Å². The molecule has 0 aromatic heterocycles. The van der Waals surface area contributed by atoms with Crippen molar-refractivity contribution < 1.29 is 9.59 Å². The molecule has 1 saturated heterocycles. The molecule has 37 heavy (non-hydrogen) atoms. The van der Waals surface area contributed by atoms with E-state index >= 15 is 0 Å². The van der Waals surface area contributed by atoms with E-state index in [9.17, 15) is 9.59 Å². The molecule has 0 spiro atoms. The van der Waals surface area contributed by atoms with Crippen molar-refractivity contribution in [2.24, 2.45) is 23.5 Å². The normalized spacial score (nSPS) is 18.4. The molecule has 0 unspecified atom stereocenters. The summed E-state index contributed by atoms with van der Waals surface area (Å²) in [6, 6.07) is 15.0. The van der Waals surface area contributed by atoms with Gasteiger partial charge >= 0.3 is 0 Å². The second-order valence-electron chi connectivity index (χ2n) is 11.4. The smallest absolute Gasteiger partial charge is 0.227 e. The monoisotopic (exact) mass is 502 g/mol. The maximum absolute atomic E-state index is 12.9. The van der Waals surface area contributed by atoms with E-state index in [0.717, 1.165) is 85.6 Å². The summed E-state index contributed by atoms with van der Waals surface area (Å²) in [4.78, 5) is 30.2.